The zero-order valence-corrected chi connectivity index (χ0v) is 17.9. The van der Waals surface area contributed by atoms with Gasteiger partial charge in [0.1, 0.15) is 5.75 Å². The first-order chi connectivity index (χ1) is 14.6. The van der Waals surface area contributed by atoms with Gasteiger partial charge < -0.3 is 4.74 Å². The summed E-state index contributed by atoms with van der Waals surface area (Å²) in [4.78, 5) is 13.2. The van der Waals surface area contributed by atoms with Crippen molar-refractivity contribution in [1.29, 1.82) is 0 Å². The smallest absolute Gasteiger partial charge is 0.262 e. The Morgan fingerprint density at radius 3 is 2.43 bits per heavy atom. The SMILES string of the molecule is CCc1cccc2c1cc(C)n2C(=O)c1ccc(OCCc2ccc(Cl)cc2)cc1. The van der Waals surface area contributed by atoms with Crippen LogP contribution in [0.4, 0.5) is 0 Å². The first kappa shape index (κ1) is 20.2. The summed E-state index contributed by atoms with van der Waals surface area (Å²) in [5, 5.41) is 1.88. The molecule has 3 nitrogen and oxygen atoms in total. The molecule has 0 bridgehead atoms. The van der Waals surface area contributed by atoms with E-state index in [9.17, 15) is 4.79 Å². The Kier molecular flexibility index (Phi) is 5.91. The molecule has 0 aliphatic rings. The van der Waals surface area contributed by atoms with Gasteiger partial charge >= 0.3 is 0 Å². The summed E-state index contributed by atoms with van der Waals surface area (Å²) in [5.74, 6) is 0.728. The van der Waals surface area contributed by atoms with Crippen LogP contribution in [0, 0.1) is 6.92 Å². The Hall–Kier alpha value is -3.04. The van der Waals surface area contributed by atoms with E-state index in [1.807, 2.05) is 67.6 Å². The number of carbonyl (C=O) groups excluding carboxylic acids is 1. The number of aryl methyl sites for hydroxylation is 2. The zero-order chi connectivity index (χ0) is 21.1. The molecule has 4 heteroatoms. The Bertz CT molecular complexity index is 1170. The minimum absolute atomic E-state index is 0.0246. The van der Waals surface area contributed by atoms with E-state index in [1.54, 1.807) is 4.57 Å². The molecule has 1 heterocycles. The van der Waals surface area contributed by atoms with Crippen LogP contribution in [0.15, 0.2) is 72.8 Å². The Morgan fingerprint density at radius 2 is 1.73 bits per heavy atom. The molecule has 152 valence electrons. The van der Waals surface area contributed by atoms with Gasteiger partial charge in [0.05, 0.1) is 12.1 Å². The lowest BCUT2D eigenvalue weighted by Crippen LogP contribution is -2.13. The molecular weight excluding hydrogens is 394 g/mol. The number of fused-ring (bicyclic) bond motifs is 1. The van der Waals surface area contributed by atoms with E-state index in [4.69, 9.17) is 16.3 Å². The topological polar surface area (TPSA) is 31.2 Å². The monoisotopic (exact) mass is 417 g/mol. The minimum atomic E-state index is -0.0246. The van der Waals surface area contributed by atoms with Crippen molar-refractivity contribution in [2.75, 3.05) is 6.61 Å². The number of ether oxygens (including phenoxy) is 1. The number of benzene rings is 3. The quantitative estimate of drug-likeness (QED) is 0.359. The molecule has 3 aromatic carbocycles. The Morgan fingerprint density at radius 1 is 1.00 bits per heavy atom. The van der Waals surface area contributed by atoms with Crippen LogP contribution in [-0.2, 0) is 12.8 Å². The van der Waals surface area contributed by atoms with Gasteiger partial charge in [0.25, 0.3) is 5.91 Å². The lowest BCUT2D eigenvalue weighted by atomic mass is 10.1. The summed E-state index contributed by atoms with van der Waals surface area (Å²) in [6, 6.07) is 23.4. The van der Waals surface area contributed by atoms with E-state index in [2.05, 4.69) is 19.1 Å². The fourth-order valence-corrected chi connectivity index (χ4v) is 3.89. The summed E-state index contributed by atoms with van der Waals surface area (Å²) in [6.07, 6.45) is 1.74. The van der Waals surface area contributed by atoms with Crippen LogP contribution >= 0.6 is 11.6 Å². The van der Waals surface area contributed by atoms with E-state index >= 15 is 0 Å². The van der Waals surface area contributed by atoms with E-state index in [0.717, 1.165) is 40.2 Å². The molecule has 0 saturated heterocycles. The molecule has 0 aliphatic heterocycles. The van der Waals surface area contributed by atoms with Crippen molar-refractivity contribution in [3.63, 3.8) is 0 Å². The first-order valence-corrected chi connectivity index (χ1v) is 10.6. The van der Waals surface area contributed by atoms with Crippen LogP contribution in [-0.4, -0.2) is 17.1 Å². The number of rotatable bonds is 6. The second-order valence-corrected chi connectivity index (χ2v) is 7.82. The average molecular weight is 418 g/mol. The predicted molar refractivity (Wildman–Crippen MR) is 123 cm³/mol. The van der Waals surface area contributed by atoms with Crippen molar-refractivity contribution in [3.8, 4) is 5.75 Å². The van der Waals surface area contributed by atoms with Crippen LogP contribution in [0.25, 0.3) is 10.9 Å². The fourth-order valence-electron chi connectivity index (χ4n) is 3.76. The van der Waals surface area contributed by atoms with E-state index in [-0.39, 0.29) is 5.91 Å². The van der Waals surface area contributed by atoms with Crippen LogP contribution < -0.4 is 4.74 Å². The Labute approximate surface area is 181 Å². The molecule has 0 radical (unpaired) electrons. The largest absolute Gasteiger partial charge is 0.493 e. The lowest BCUT2D eigenvalue weighted by molar-refractivity contribution is 0.0963. The highest BCUT2D eigenvalue weighted by Crippen LogP contribution is 2.25. The first-order valence-electron chi connectivity index (χ1n) is 10.2. The standard InChI is InChI=1S/C26H24ClNO2/c1-3-20-5-4-6-25-24(20)17-18(2)28(25)26(29)21-9-13-23(14-10-21)30-16-15-19-7-11-22(27)12-8-19/h4-14,17H,3,15-16H2,1-2H3. The molecule has 0 saturated carbocycles. The summed E-state index contributed by atoms with van der Waals surface area (Å²) in [7, 11) is 0. The number of aromatic nitrogens is 1. The van der Waals surface area contributed by atoms with Gasteiger partial charge in [-0.05, 0) is 73.0 Å². The third kappa shape index (κ3) is 4.12. The summed E-state index contributed by atoms with van der Waals surface area (Å²) >= 11 is 5.92. The Balaban J connectivity index is 1.47. The number of halogens is 1. The van der Waals surface area contributed by atoms with Gasteiger partial charge in [0, 0.05) is 28.1 Å². The van der Waals surface area contributed by atoms with Crippen molar-refractivity contribution >= 4 is 28.4 Å². The van der Waals surface area contributed by atoms with Gasteiger partial charge in [-0.1, -0.05) is 42.8 Å². The maximum atomic E-state index is 13.2. The van der Waals surface area contributed by atoms with Crippen molar-refractivity contribution in [2.24, 2.45) is 0 Å². The van der Waals surface area contributed by atoms with Crippen LogP contribution in [0.2, 0.25) is 5.02 Å². The van der Waals surface area contributed by atoms with E-state index in [1.165, 1.54) is 11.1 Å². The minimum Gasteiger partial charge on any atom is -0.493 e. The van der Waals surface area contributed by atoms with Gasteiger partial charge in [-0.2, -0.15) is 0 Å². The average Bonchev–Trinajstić information content (AvgIpc) is 3.11. The second kappa shape index (κ2) is 8.76. The highest BCUT2D eigenvalue weighted by Gasteiger charge is 2.16. The maximum Gasteiger partial charge on any atom is 0.262 e. The molecule has 0 spiro atoms. The van der Waals surface area contributed by atoms with Crippen molar-refractivity contribution in [1.82, 2.24) is 4.57 Å². The molecule has 0 aliphatic carbocycles. The number of hydrogen-bond donors (Lipinski definition) is 0. The highest BCUT2D eigenvalue weighted by molar-refractivity contribution is 6.30. The fraction of sp³-hybridized carbons (Fsp3) is 0.192. The van der Waals surface area contributed by atoms with Crippen molar-refractivity contribution in [2.45, 2.75) is 26.7 Å². The van der Waals surface area contributed by atoms with Gasteiger partial charge in [0.15, 0.2) is 0 Å². The highest BCUT2D eigenvalue weighted by atomic mass is 35.5. The van der Waals surface area contributed by atoms with Crippen LogP contribution in [0.5, 0.6) is 5.75 Å². The van der Waals surface area contributed by atoms with Crippen LogP contribution in [0.3, 0.4) is 0 Å². The second-order valence-electron chi connectivity index (χ2n) is 7.38. The molecule has 4 aromatic rings. The summed E-state index contributed by atoms with van der Waals surface area (Å²) in [5.41, 5.74) is 4.97. The molecule has 1 aromatic heterocycles. The van der Waals surface area contributed by atoms with E-state index < -0.39 is 0 Å². The molecular formula is C26H24ClNO2. The van der Waals surface area contributed by atoms with Crippen molar-refractivity contribution in [3.05, 3.63) is 100 Å². The molecule has 0 atom stereocenters. The van der Waals surface area contributed by atoms with Crippen molar-refractivity contribution < 1.29 is 9.53 Å². The maximum absolute atomic E-state index is 13.2. The predicted octanol–water partition coefficient (Wildman–Crippen LogP) is 6.48. The molecule has 0 N–H and O–H groups in total. The normalized spacial score (nSPS) is 11.0. The summed E-state index contributed by atoms with van der Waals surface area (Å²) < 4.78 is 7.64. The van der Waals surface area contributed by atoms with Gasteiger partial charge in [-0.25, -0.2) is 0 Å². The van der Waals surface area contributed by atoms with Gasteiger partial charge in [-0.15, -0.1) is 0 Å². The lowest BCUT2D eigenvalue weighted by Gasteiger charge is -2.10. The molecule has 0 fully saturated rings. The third-order valence-electron chi connectivity index (χ3n) is 5.38. The zero-order valence-electron chi connectivity index (χ0n) is 17.2. The van der Waals surface area contributed by atoms with E-state index in [0.29, 0.717) is 12.2 Å². The molecule has 0 amide bonds. The van der Waals surface area contributed by atoms with Crippen LogP contribution in [0.1, 0.15) is 34.1 Å². The summed E-state index contributed by atoms with van der Waals surface area (Å²) in [6.45, 7) is 4.68. The molecule has 0 unspecified atom stereocenters. The molecule has 4 rings (SSSR count). The number of hydrogen-bond acceptors (Lipinski definition) is 2. The van der Waals surface area contributed by atoms with Gasteiger partial charge in [-0.3, -0.25) is 9.36 Å². The number of carbonyl (C=O) groups is 1. The third-order valence-corrected chi connectivity index (χ3v) is 5.63. The molecule has 30 heavy (non-hydrogen) atoms. The number of nitrogens with zero attached hydrogens (tertiary/aromatic N) is 1. The van der Waals surface area contributed by atoms with Gasteiger partial charge in [0.2, 0.25) is 0 Å².